The fourth-order valence-electron chi connectivity index (χ4n) is 3.84. The van der Waals surface area contributed by atoms with Crippen LogP contribution < -0.4 is 5.32 Å². The molecule has 2 heteroatoms. The molecule has 2 nitrogen and oxygen atoms in total. The molecule has 17 heavy (non-hydrogen) atoms. The molecule has 3 atom stereocenters. The first kappa shape index (κ1) is 13.4. The highest BCUT2D eigenvalue weighted by atomic mass is 15.2. The maximum Gasteiger partial charge on any atom is 0.0235 e. The molecule has 0 aromatic heterocycles. The highest BCUT2D eigenvalue weighted by molar-refractivity contribution is 4.86. The summed E-state index contributed by atoms with van der Waals surface area (Å²) in [6.07, 6.45) is 10.1. The number of nitrogens with one attached hydrogen (secondary N) is 1. The van der Waals surface area contributed by atoms with Gasteiger partial charge < -0.3 is 5.32 Å². The van der Waals surface area contributed by atoms with E-state index in [1.165, 1.54) is 64.6 Å². The van der Waals surface area contributed by atoms with E-state index in [1.807, 2.05) is 0 Å². The van der Waals surface area contributed by atoms with Gasteiger partial charge in [-0.05, 0) is 44.7 Å². The van der Waals surface area contributed by atoms with E-state index in [0.717, 1.165) is 18.0 Å². The van der Waals surface area contributed by atoms with E-state index in [1.54, 1.807) is 0 Å². The number of nitrogens with zero attached hydrogens (tertiary/aromatic N) is 1. The minimum Gasteiger partial charge on any atom is -0.315 e. The van der Waals surface area contributed by atoms with Gasteiger partial charge in [0.1, 0.15) is 0 Å². The van der Waals surface area contributed by atoms with Crippen LogP contribution in [0.15, 0.2) is 0 Å². The summed E-state index contributed by atoms with van der Waals surface area (Å²) >= 11 is 0. The zero-order valence-corrected chi connectivity index (χ0v) is 11.8. The molecule has 0 spiro atoms. The minimum absolute atomic E-state index is 0.822. The van der Waals surface area contributed by atoms with Crippen molar-refractivity contribution in [3.05, 3.63) is 0 Å². The van der Waals surface area contributed by atoms with Crippen molar-refractivity contribution in [1.82, 2.24) is 10.2 Å². The molecule has 100 valence electrons. The Morgan fingerprint density at radius 1 is 1.00 bits per heavy atom. The zero-order chi connectivity index (χ0) is 12.1. The van der Waals surface area contributed by atoms with Crippen LogP contribution in [0.2, 0.25) is 0 Å². The summed E-state index contributed by atoms with van der Waals surface area (Å²) in [4.78, 5) is 2.80. The predicted octanol–water partition coefficient (Wildman–Crippen LogP) is 3.03. The van der Waals surface area contributed by atoms with Gasteiger partial charge in [-0.2, -0.15) is 0 Å². The Hall–Kier alpha value is -0.0800. The molecular weight excluding hydrogens is 208 g/mol. The maximum atomic E-state index is 3.52. The third-order valence-electron chi connectivity index (χ3n) is 4.97. The molecule has 2 fully saturated rings. The molecule has 0 amide bonds. The van der Waals surface area contributed by atoms with Crippen molar-refractivity contribution >= 4 is 0 Å². The number of hydrogen-bond donors (Lipinski definition) is 1. The van der Waals surface area contributed by atoms with Crippen molar-refractivity contribution in [1.29, 1.82) is 0 Å². The van der Waals surface area contributed by atoms with Gasteiger partial charge in [0.2, 0.25) is 0 Å². The van der Waals surface area contributed by atoms with Gasteiger partial charge in [0, 0.05) is 18.6 Å². The van der Waals surface area contributed by atoms with Gasteiger partial charge >= 0.3 is 0 Å². The van der Waals surface area contributed by atoms with Crippen molar-refractivity contribution in [3.63, 3.8) is 0 Å². The molecule has 1 N–H and O–H groups in total. The Bertz CT molecular complexity index is 211. The summed E-state index contributed by atoms with van der Waals surface area (Å²) in [6.45, 7) is 8.41. The first-order chi connectivity index (χ1) is 8.35. The maximum absolute atomic E-state index is 3.52. The van der Waals surface area contributed by atoms with Crippen LogP contribution in [0, 0.1) is 5.92 Å². The van der Waals surface area contributed by atoms with E-state index in [4.69, 9.17) is 0 Å². The number of hydrogen-bond acceptors (Lipinski definition) is 2. The van der Waals surface area contributed by atoms with Crippen molar-refractivity contribution in [2.45, 2.75) is 70.9 Å². The Kier molecular flexibility index (Phi) is 5.30. The van der Waals surface area contributed by atoms with Crippen LogP contribution in [0.4, 0.5) is 0 Å². The second-order valence-electron chi connectivity index (χ2n) is 5.91. The Labute approximate surface area is 107 Å². The standard InChI is InChI=1S/C15H30N2/c1-3-13-6-5-7-14(9-8-13)17(4-2)15-10-11-16-12-15/h13-16H,3-12H2,1-2H3. The summed E-state index contributed by atoms with van der Waals surface area (Å²) in [6, 6.07) is 1.70. The fraction of sp³-hybridized carbons (Fsp3) is 1.00. The van der Waals surface area contributed by atoms with Gasteiger partial charge in [-0.25, -0.2) is 0 Å². The molecule has 1 saturated carbocycles. The smallest absolute Gasteiger partial charge is 0.0235 e. The van der Waals surface area contributed by atoms with Crippen molar-refractivity contribution in [3.8, 4) is 0 Å². The molecule has 3 unspecified atom stereocenters. The summed E-state index contributed by atoms with van der Waals surface area (Å²) in [5, 5.41) is 3.52. The van der Waals surface area contributed by atoms with Gasteiger partial charge in [0.05, 0.1) is 0 Å². The Morgan fingerprint density at radius 2 is 1.88 bits per heavy atom. The summed E-state index contributed by atoms with van der Waals surface area (Å²) < 4.78 is 0. The molecule has 1 aliphatic carbocycles. The number of likely N-dealkylation sites (N-methyl/N-ethyl adjacent to an activating group) is 1. The third-order valence-corrected chi connectivity index (χ3v) is 4.97. The van der Waals surface area contributed by atoms with Crippen molar-refractivity contribution in [2.75, 3.05) is 19.6 Å². The van der Waals surface area contributed by atoms with Crippen LogP contribution in [-0.2, 0) is 0 Å². The van der Waals surface area contributed by atoms with Crippen LogP contribution in [0.1, 0.15) is 58.8 Å². The lowest BCUT2D eigenvalue weighted by molar-refractivity contribution is 0.136. The fourth-order valence-corrected chi connectivity index (χ4v) is 3.84. The van der Waals surface area contributed by atoms with Crippen LogP contribution >= 0.6 is 0 Å². The normalized spacial score (nSPS) is 35.1. The first-order valence-corrected chi connectivity index (χ1v) is 7.81. The van der Waals surface area contributed by atoms with Gasteiger partial charge in [-0.1, -0.05) is 33.1 Å². The SMILES string of the molecule is CCC1CCCC(N(CC)C2CCNC2)CC1. The molecule has 2 rings (SSSR count). The molecule has 1 heterocycles. The molecule has 2 aliphatic rings. The van der Waals surface area contributed by atoms with E-state index in [2.05, 4.69) is 24.1 Å². The largest absolute Gasteiger partial charge is 0.315 e. The highest BCUT2D eigenvalue weighted by Crippen LogP contribution is 2.29. The summed E-state index contributed by atoms with van der Waals surface area (Å²) in [5.74, 6) is 1.01. The predicted molar refractivity (Wildman–Crippen MR) is 74.3 cm³/mol. The lowest BCUT2D eigenvalue weighted by Gasteiger charge is -2.35. The number of rotatable bonds is 4. The minimum atomic E-state index is 0.822. The van der Waals surface area contributed by atoms with E-state index < -0.39 is 0 Å². The Morgan fingerprint density at radius 3 is 2.53 bits per heavy atom. The molecule has 0 aromatic rings. The molecule has 1 saturated heterocycles. The van der Waals surface area contributed by atoms with Crippen LogP contribution in [-0.4, -0.2) is 36.6 Å². The monoisotopic (exact) mass is 238 g/mol. The summed E-state index contributed by atoms with van der Waals surface area (Å²) in [5.41, 5.74) is 0. The van der Waals surface area contributed by atoms with E-state index >= 15 is 0 Å². The molecular formula is C15H30N2. The lowest BCUT2D eigenvalue weighted by atomic mass is 9.97. The van der Waals surface area contributed by atoms with Crippen molar-refractivity contribution in [2.24, 2.45) is 5.92 Å². The van der Waals surface area contributed by atoms with E-state index in [0.29, 0.717) is 0 Å². The van der Waals surface area contributed by atoms with Crippen LogP contribution in [0.3, 0.4) is 0 Å². The van der Waals surface area contributed by atoms with Crippen molar-refractivity contribution < 1.29 is 0 Å². The second-order valence-corrected chi connectivity index (χ2v) is 5.91. The topological polar surface area (TPSA) is 15.3 Å². The third kappa shape index (κ3) is 3.45. The molecule has 0 aromatic carbocycles. The lowest BCUT2D eigenvalue weighted by Crippen LogP contribution is -2.44. The molecule has 0 radical (unpaired) electrons. The second kappa shape index (κ2) is 6.75. The quantitative estimate of drug-likeness (QED) is 0.757. The molecule has 0 bridgehead atoms. The van der Waals surface area contributed by atoms with Gasteiger partial charge in [-0.15, -0.1) is 0 Å². The van der Waals surface area contributed by atoms with Gasteiger partial charge in [0.25, 0.3) is 0 Å². The van der Waals surface area contributed by atoms with Crippen LogP contribution in [0.25, 0.3) is 0 Å². The van der Waals surface area contributed by atoms with Crippen LogP contribution in [0.5, 0.6) is 0 Å². The first-order valence-electron chi connectivity index (χ1n) is 7.81. The van der Waals surface area contributed by atoms with E-state index in [9.17, 15) is 0 Å². The van der Waals surface area contributed by atoms with Gasteiger partial charge in [0.15, 0.2) is 0 Å². The zero-order valence-electron chi connectivity index (χ0n) is 11.8. The molecule has 1 aliphatic heterocycles. The highest BCUT2D eigenvalue weighted by Gasteiger charge is 2.28. The van der Waals surface area contributed by atoms with Gasteiger partial charge in [-0.3, -0.25) is 4.90 Å². The average Bonchev–Trinajstić information content (AvgIpc) is 2.76. The van der Waals surface area contributed by atoms with E-state index in [-0.39, 0.29) is 0 Å². The Balaban J connectivity index is 1.89. The summed E-state index contributed by atoms with van der Waals surface area (Å²) in [7, 11) is 0. The average molecular weight is 238 g/mol.